The fourth-order valence-electron chi connectivity index (χ4n) is 3.11. The molecule has 4 rings (SSSR count). The zero-order chi connectivity index (χ0) is 18.6. The van der Waals surface area contributed by atoms with E-state index in [1.54, 1.807) is 36.1 Å². The summed E-state index contributed by atoms with van der Waals surface area (Å²) in [7, 11) is 1.61. The number of carbonyl (C=O) groups excluding carboxylic acids is 1. The molecule has 0 spiro atoms. The van der Waals surface area contributed by atoms with Gasteiger partial charge in [0.2, 0.25) is 0 Å². The van der Waals surface area contributed by atoms with Crippen molar-refractivity contribution in [1.29, 1.82) is 0 Å². The number of carbonyl (C=O) groups is 1. The van der Waals surface area contributed by atoms with Crippen LogP contribution in [0.3, 0.4) is 0 Å². The third kappa shape index (κ3) is 3.79. The Bertz CT molecular complexity index is 915. The van der Waals surface area contributed by atoms with E-state index in [0.717, 1.165) is 30.0 Å². The maximum atomic E-state index is 12.5. The largest absolute Gasteiger partial charge is 0.497 e. The molecule has 3 aromatic rings. The average molecular weight is 362 g/mol. The first-order chi connectivity index (χ1) is 13.2. The number of anilines is 2. The lowest BCUT2D eigenvalue weighted by Gasteiger charge is -2.22. The van der Waals surface area contributed by atoms with Crippen LogP contribution in [0.4, 0.5) is 16.3 Å². The van der Waals surface area contributed by atoms with E-state index in [2.05, 4.69) is 10.6 Å². The smallest absolute Gasteiger partial charge is 0.324 e. The first-order valence-corrected chi connectivity index (χ1v) is 9.10. The van der Waals surface area contributed by atoms with Crippen molar-refractivity contribution in [3.8, 4) is 11.4 Å². The number of ether oxygens (including phenoxy) is 1. The number of aromatic nitrogens is 2. The summed E-state index contributed by atoms with van der Waals surface area (Å²) in [5.74, 6) is 1.89. The van der Waals surface area contributed by atoms with Crippen LogP contribution < -0.4 is 15.4 Å². The summed E-state index contributed by atoms with van der Waals surface area (Å²) in [4.78, 5) is 12.5. The molecule has 1 aliphatic rings. The van der Waals surface area contributed by atoms with Gasteiger partial charge in [-0.25, -0.2) is 9.48 Å². The molecule has 0 saturated heterocycles. The number of hydrogen-bond acceptors (Lipinski definition) is 3. The van der Waals surface area contributed by atoms with Crippen LogP contribution in [0.2, 0.25) is 0 Å². The number of benzene rings is 2. The number of rotatable bonds is 5. The molecule has 1 heterocycles. The lowest BCUT2D eigenvalue weighted by molar-refractivity contribution is 0.262. The number of nitrogens with zero attached hydrogens (tertiary/aromatic N) is 2. The monoisotopic (exact) mass is 362 g/mol. The van der Waals surface area contributed by atoms with Crippen molar-refractivity contribution >= 4 is 17.5 Å². The van der Waals surface area contributed by atoms with E-state index in [4.69, 9.17) is 9.84 Å². The molecule has 0 atom stereocenters. The molecule has 0 radical (unpaired) electrons. The highest BCUT2D eigenvalue weighted by atomic mass is 16.5. The molecule has 2 aromatic carbocycles. The van der Waals surface area contributed by atoms with E-state index in [-0.39, 0.29) is 6.03 Å². The Hall–Kier alpha value is -3.28. The van der Waals surface area contributed by atoms with Crippen molar-refractivity contribution in [2.45, 2.75) is 25.2 Å². The van der Waals surface area contributed by atoms with Crippen molar-refractivity contribution in [3.05, 3.63) is 66.4 Å². The van der Waals surface area contributed by atoms with Crippen LogP contribution in [0, 0.1) is 0 Å². The average Bonchev–Trinajstić information content (AvgIpc) is 3.04. The quantitative estimate of drug-likeness (QED) is 0.685. The maximum Gasteiger partial charge on any atom is 0.324 e. The predicted octanol–water partition coefficient (Wildman–Crippen LogP) is 4.79. The van der Waals surface area contributed by atoms with Crippen LogP contribution in [0.1, 0.15) is 30.9 Å². The molecular weight excluding hydrogens is 340 g/mol. The summed E-state index contributed by atoms with van der Waals surface area (Å²) in [6.07, 6.45) is 3.55. The fourth-order valence-corrected chi connectivity index (χ4v) is 3.11. The van der Waals surface area contributed by atoms with Crippen molar-refractivity contribution in [1.82, 2.24) is 9.78 Å². The number of methoxy groups -OCH3 is 1. The number of urea groups is 1. The van der Waals surface area contributed by atoms with Gasteiger partial charge in [-0.1, -0.05) is 24.6 Å². The standard InChI is InChI=1S/C21H22N4O2/c1-27-18-12-10-16(11-13-18)22-21(26)23-20-14-19(15-6-5-7-15)24-25(20)17-8-3-2-4-9-17/h2-4,8-15H,5-7H2,1H3,(H2,22,23,26). The predicted molar refractivity (Wildman–Crippen MR) is 106 cm³/mol. The van der Waals surface area contributed by atoms with Crippen LogP contribution in [-0.4, -0.2) is 22.9 Å². The second-order valence-corrected chi connectivity index (χ2v) is 6.64. The first kappa shape index (κ1) is 17.1. The van der Waals surface area contributed by atoms with Crippen molar-refractivity contribution < 1.29 is 9.53 Å². The molecule has 27 heavy (non-hydrogen) atoms. The van der Waals surface area contributed by atoms with E-state index in [0.29, 0.717) is 17.4 Å². The van der Waals surface area contributed by atoms with Gasteiger partial charge in [-0.3, -0.25) is 5.32 Å². The molecule has 1 saturated carbocycles. The van der Waals surface area contributed by atoms with Gasteiger partial charge in [0.25, 0.3) is 0 Å². The minimum Gasteiger partial charge on any atom is -0.497 e. The van der Waals surface area contributed by atoms with Crippen molar-refractivity contribution in [2.24, 2.45) is 0 Å². The van der Waals surface area contributed by atoms with Gasteiger partial charge in [0.05, 0.1) is 18.5 Å². The minimum atomic E-state index is -0.308. The SMILES string of the molecule is COc1ccc(NC(=O)Nc2cc(C3CCC3)nn2-c2ccccc2)cc1. The number of hydrogen-bond donors (Lipinski definition) is 2. The van der Waals surface area contributed by atoms with Crippen molar-refractivity contribution in [2.75, 3.05) is 17.7 Å². The zero-order valence-electron chi connectivity index (χ0n) is 15.2. The zero-order valence-corrected chi connectivity index (χ0v) is 15.2. The van der Waals surface area contributed by atoms with E-state index >= 15 is 0 Å². The molecule has 6 nitrogen and oxygen atoms in total. The van der Waals surface area contributed by atoms with Crippen LogP contribution in [0.5, 0.6) is 5.75 Å². The maximum absolute atomic E-state index is 12.5. The van der Waals surface area contributed by atoms with Gasteiger partial charge in [0, 0.05) is 17.7 Å². The Morgan fingerprint density at radius 1 is 1.07 bits per heavy atom. The first-order valence-electron chi connectivity index (χ1n) is 9.10. The normalized spacial score (nSPS) is 13.7. The summed E-state index contributed by atoms with van der Waals surface area (Å²) in [6.45, 7) is 0. The second kappa shape index (κ2) is 7.53. The van der Waals surface area contributed by atoms with E-state index in [1.807, 2.05) is 36.4 Å². The Morgan fingerprint density at radius 2 is 1.81 bits per heavy atom. The van der Waals surface area contributed by atoms with Gasteiger partial charge in [-0.2, -0.15) is 5.10 Å². The molecule has 0 bridgehead atoms. The molecule has 138 valence electrons. The minimum absolute atomic E-state index is 0.308. The van der Waals surface area contributed by atoms with Crippen LogP contribution in [-0.2, 0) is 0 Å². The number of para-hydroxylation sites is 1. The van der Waals surface area contributed by atoms with Gasteiger partial charge in [-0.05, 0) is 49.2 Å². The number of amides is 2. The van der Waals surface area contributed by atoms with Gasteiger partial charge in [0.1, 0.15) is 11.6 Å². The highest BCUT2D eigenvalue weighted by molar-refractivity contribution is 5.99. The second-order valence-electron chi connectivity index (χ2n) is 6.64. The van der Waals surface area contributed by atoms with Gasteiger partial charge < -0.3 is 10.1 Å². The molecule has 1 aliphatic carbocycles. The molecule has 1 aromatic heterocycles. The van der Waals surface area contributed by atoms with Crippen LogP contribution >= 0.6 is 0 Å². The molecule has 0 aliphatic heterocycles. The highest BCUT2D eigenvalue weighted by Gasteiger charge is 2.24. The highest BCUT2D eigenvalue weighted by Crippen LogP contribution is 2.37. The Labute approximate surface area is 158 Å². The fraction of sp³-hybridized carbons (Fsp3) is 0.238. The van der Waals surface area contributed by atoms with E-state index in [1.165, 1.54) is 6.42 Å². The Kier molecular flexibility index (Phi) is 4.78. The topological polar surface area (TPSA) is 68.2 Å². The molecule has 1 fully saturated rings. The third-order valence-electron chi connectivity index (χ3n) is 4.84. The Balaban J connectivity index is 1.54. The Morgan fingerprint density at radius 3 is 2.44 bits per heavy atom. The molecule has 2 N–H and O–H groups in total. The molecule has 6 heteroatoms. The van der Waals surface area contributed by atoms with E-state index < -0.39 is 0 Å². The lowest BCUT2D eigenvalue weighted by Crippen LogP contribution is -2.21. The summed E-state index contributed by atoms with van der Waals surface area (Å²) >= 11 is 0. The van der Waals surface area contributed by atoms with Crippen molar-refractivity contribution in [3.63, 3.8) is 0 Å². The molecule has 2 amide bonds. The molecular formula is C21H22N4O2. The number of nitrogens with one attached hydrogen (secondary N) is 2. The summed E-state index contributed by atoms with van der Waals surface area (Å²) in [6, 6.07) is 18.7. The summed E-state index contributed by atoms with van der Waals surface area (Å²) < 4.78 is 6.93. The van der Waals surface area contributed by atoms with E-state index in [9.17, 15) is 4.79 Å². The van der Waals surface area contributed by atoms with Gasteiger partial charge >= 0.3 is 6.03 Å². The van der Waals surface area contributed by atoms with Gasteiger partial charge in [0.15, 0.2) is 0 Å². The lowest BCUT2D eigenvalue weighted by atomic mass is 9.83. The molecule has 0 unspecified atom stereocenters. The van der Waals surface area contributed by atoms with Crippen LogP contribution in [0.25, 0.3) is 5.69 Å². The van der Waals surface area contributed by atoms with Crippen LogP contribution in [0.15, 0.2) is 60.7 Å². The van der Waals surface area contributed by atoms with Gasteiger partial charge in [-0.15, -0.1) is 0 Å². The third-order valence-corrected chi connectivity index (χ3v) is 4.84. The summed E-state index contributed by atoms with van der Waals surface area (Å²) in [5, 5.41) is 10.5. The summed E-state index contributed by atoms with van der Waals surface area (Å²) in [5.41, 5.74) is 2.64.